The van der Waals surface area contributed by atoms with Crippen LogP contribution in [0, 0.1) is 18.3 Å². The van der Waals surface area contributed by atoms with Gasteiger partial charge in [-0.05, 0) is 44.5 Å². The van der Waals surface area contributed by atoms with Crippen LogP contribution in [-0.4, -0.2) is 21.7 Å². The molecule has 0 saturated carbocycles. The summed E-state index contributed by atoms with van der Waals surface area (Å²) in [6.07, 6.45) is 1.45. The lowest BCUT2D eigenvalue weighted by Crippen LogP contribution is -2.30. The van der Waals surface area contributed by atoms with Crippen LogP contribution in [0.25, 0.3) is 6.08 Å². The third-order valence-electron chi connectivity index (χ3n) is 3.52. The maximum atomic E-state index is 12.1. The molecule has 0 saturated heterocycles. The molecule has 0 bridgehead atoms. The first-order valence-corrected chi connectivity index (χ1v) is 8.95. The Bertz CT molecular complexity index is 910. The molecule has 8 heteroatoms. The summed E-state index contributed by atoms with van der Waals surface area (Å²) in [6, 6.07) is 7.00. The van der Waals surface area contributed by atoms with Crippen molar-refractivity contribution < 1.29 is 4.79 Å². The fraction of sp³-hybridized carbons (Fsp3) is 0.278. The van der Waals surface area contributed by atoms with Crippen LogP contribution in [-0.2, 0) is 11.3 Å². The Kier molecular flexibility index (Phi) is 6.71. The molecule has 1 amide bonds. The molecule has 0 radical (unpaired) electrons. The van der Waals surface area contributed by atoms with Gasteiger partial charge in [0.25, 0.3) is 5.91 Å². The SMILES string of the molecule is Cc1nn(Cc2ccc(Cl)cc2Cl)c(Cl)c1/C=C(\C#N)C(=O)NC(C)C. The summed E-state index contributed by atoms with van der Waals surface area (Å²) in [7, 11) is 0. The Balaban J connectivity index is 2.36. The lowest BCUT2D eigenvalue weighted by Gasteiger charge is -2.07. The van der Waals surface area contributed by atoms with Gasteiger partial charge in [0.1, 0.15) is 16.8 Å². The maximum Gasteiger partial charge on any atom is 0.262 e. The van der Waals surface area contributed by atoms with Gasteiger partial charge in [-0.25, -0.2) is 4.68 Å². The van der Waals surface area contributed by atoms with Gasteiger partial charge in [-0.3, -0.25) is 4.79 Å². The van der Waals surface area contributed by atoms with Crippen LogP contribution in [0.3, 0.4) is 0 Å². The zero-order valence-electron chi connectivity index (χ0n) is 14.5. The van der Waals surface area contributed by atoms with E-state index >= 15 is 0 Å². The van der Waals surface area contributed by atoms with Gasteiger partial charge in [-0.2, -0.15) is 10.4 Å². The molecular weight excluding hydrogens is 395 g/mol. The van der Waals surface area contributed by atoms with Crippen molar-refractivity contribution in [3.63, 3.8) is 0 Å². The van der Waals surface area contributed by atoms with Crippen molar-refractivity contribution in [2.24, 2.45) is 0 Å². The van der Waals surface area contributed by atoms with Crippen LogP contribution >= 0.6 is 34.8 Å². The van der Waals surface area contributed by atoms with Crippen molar-refractivity contribution >= 4 is 46.8 Å². The van der Waals surface area contributed by atoms with Gasteiger partial charge in [0, 0.05) is 21.7 Å². The molecular formula is C18H17Cl3N4O. The van der Waals surface area contributed by atoms with Gasteiger partial charge in [0.15, 0.2) is 0 Å². The van der Waals surface area contributed by atoms with Crippen molar-refractivity contribution in [2.45, 2.75) is 33.4 Å². The summed E-state index contributed by atoms with van der Waals surface area (Å²) in [4.78, 5) is 12.1. The molecule has 5 nitrogen and oxygen atoms in total. The Hall–Kier alpha value is -2.00. The van der Waals surface area contributed by atoms with Crippen molar-refractivity contribution in [2.75, 3.05) is 0 Å². The minimum atomic E-state index is -0.452. The van der Waals surface area contributed by atoms with E-state index in [0.717, 1.165) is 5.56 Å². The largest absolute Gasteiger partial charge is 0.349 e. The van der Waals surface area contributed by atoms with Crippen molar-refractivity contribution in [1.29, 1.82) is 5.26 Å². The molecule has 0 unspecified atom stereocenters. The molecule has 2 aromatic rings. The fourth-order valence-electron chi connectivity index (χ4n) is 2.28. The molecule has 0 aliphatic rings. The van der Waals surface area contributed by atoms with Crippen LogP contribution in [0.4, 0.5) is 0 Å². The van der Waals surface area contributed by atoms with Gasteiger partial charge in [-0.15, -0.1) is 0 Å². The van der Waals surface area contributed by atoms with Crippen LogP contribution in [0.15, 0.2) is 23.8 Å². The van der Waals surface area contributed by atoms with Crippen LogP contribution in [0.5, 0.6) is 0 Å². The van der Waals surface area contributed by atoms with Crippen LogP contribution in [0.1, 0.15) is 30.7 Å². The predicted molar refractivity (Wildman–Crippen MR) is 104 cm³/mol. The molecule has 0 atom stereocenters. The van der Waals surface area contributed by atoms with E-state index in [1.807, 2.05) is 19.9 Å². The molecule has 26 heavy (non-hydrogen) atoms. The maximum absolute atomic E-state index is 12.1. The summed E-state index contributed by atoms with van der Waals surface area (Å²) >= 11 is 18.5. The van der Waals surface area contributed by atoms with Gasteiger partial charge in [0.2, 0.25) is 0 Å². The van der Waals surface area contributed by atoms with E-state index < -0.39 is 5.91 Å². The number of nitrogens with zero attached hydrogens (tertiary/aromatic N) is 3. The van der Waals surface area contributed by atoms with Crippen LogP contribution in [0.2, 0.25) is 15.2 Å². The van der Waals surface area contributed by atoms with E-state index in [4.69, 9.17) is 34.8 Å². The Labute approximate surface area is 167 Å². The molecule has 0 aliphatic carbocycles. The summed E-state index contributed by atoms with van der Waals surface area (Å²) in [5.74, 6) is -0.452. The standard InChI is InChI=1S/C18H17Cl3N4O/c1-10(2)23-18(26)13(8-22)6-15-11(3)24-25(17(15)21)9-12-4-5-14(19)7-16(12)20/h4-7,10H,9H2,1-3H3,(H,23,26)/b13-6+. The first-order chi connectivity index (χ1) is 12.2. The summed E-state index contributed by atoms with van der Waals surface area (Å²) in [5, 5.41) is 17.7. The second-order valence-corrected chi connectivity index (χ2v) is 7.18. The number of aryl methyl sites for hydroxylation is 1. The molecule has 2 rings (SSSR count). The number of hydrogen-bond acceptors (Lipinski definition) is 3. The van der Waals surface area contributed by atoms with E-state index in [-0.39, 0.29) is 11.6 Å². The Morgan fingerprint density at radius 2 is 2.08 bits per heavy atom. The third kappa shape index (κ3) is 4.79. The first kappa shape index (κ1) is 20.3. The number of rotatable bonds is 5. The number of hydrogen-bond donors (Lipinski definition) is 1. The number of benzene rings is 1. The van der Waals surface area contributed by atoms with Crippen LogP contribution < -0.4 is 5.32 Å². The number of aromatic nitrogens is 2. The minimum Gasteiger partial charge on any atom is -0.349 e. The number of carbonyl (C=O) groups excluding carboxylic acids is 1. The van der Waals surface area contributed by atoms with Gasteiger partial charge < -0.3 is 5.32 Å². The average molecular weight is 412 g/mol. The van der Waals surface area contributed by atoms with E-state index in [9.17, 15) is 10.1 Å². The van der Waals surface area contributed by atoms with Gasteiger partial charge >= 0.3 is 0 Å². The number of halogens is 3. The normalized spacial score (nSPS) is 11.5. The minimum absolute atomic E-state index is 0.0345. The molecule has 1 N–H and O–H groups in total. The van der Waals surface area contributed by atoms with E-state index in [1.54, 1.807) is 29.8 Å². The lowest BCUT2D eigenvalue weighted by atomic mass is 10.1. The van der Waals surface area contributed by atoms with Crippen molar-refractivity contribution in [1.82, 2.24) is 15.1 Å². The second kappa shape index (κ2) is 8.59. The Morgan fingerprint density at radius 3 is 2.65 bits per heavy atom. The quantitative estimate of drug-likeness (QED) is 0.576. The highest BCUT2D eigenvalue weighted by molar-refractivity contribution is 6.35. The molecule has 0 fully saturated rings. The number of carbonyl (C=O) groups is 1. The topological polar surface area (TPSA) is 70.7 Å². The smallest absolute Gasteiger partial charge is 0.262 e. The predicted octanol–water partition coefficient (Wildman–Crippen LogP) is 4.63. The van der Waals surface area contributed by atoms with Crippen molar-refractivity contribution in [3.8, 4) is 6.07 Å². The van der Waals surface area contributed by atoms with Crippen molar-refractivity contribution in [3.05, 3.63) is 55.8 Å². The molecule has 0 aliphatic heterocycles. The summed E-state index contributed by atoms with van der Waals surface area (Å²) in [6.45, 7) is 5.73. The fourth-order valence-corrected chi connectivity index (χ4v) is 3.04. The highest BCUT2D eigenvalue weighted by Gasteiger charge is 2.17. The average Bonchev–Trinajstić information content (AvgIpc) is 2.81. The molecule has 0 spiro atoms. The zero-order chi connectivity index (χ0) is 19.4. The number of amides is 1. The summed E-state index contributed by atoms with van der Waals surface area (Å²) in [5.41, 5.74) is 1.89. The molecule has 136 valence electrons. The highest BCUT2D eigenvalue weighted by Crippen LogP contribution is 2.26. The van der Waals surface area contributed by atoms with E-state index in [0.29, 0.717) is 33.0 Å². The zero-order valence-corrected chi connectivity index (χ0v) is 16.7. The van der Waals surface area contributed by atoms with Gasteiger partial charge in [-0.1, -0.05) is 40.9 Å². The second-order valence-electron chi connectivity index (χ2n) is 5.98. The highest BCUT2D eigenvalue weighted by atomic mass is 35.5. The molecule has 1 aromatic heterocycles. The van der Waals surface area contributed by atoms with E-state index in [2.05, 4.69) is 10.4 Å². The lowest BCUT2D eigenvalue weighted by molar-refractivity contribution is -0.117. The monoisotopic (exact) mass is 410 g/mol. The summed E-state index contributed by atoms with van der Waals surface area (Å²) < 4.78 is 1.56. The Morgan fingerprint density at radius 1 is 1.38 bits per heavy atom. The first-order valence-electron chi connectivity index (χ1n) is 7.82. The van der Waals surface area contributed by atoms with Gasteiger partial charge in [0.05, 0.1) is 12.2 Å². The molecule has 1 aromatic carbocycles. The number of nitriles is 1. The third-order valence-corrected chi connectivity index (χ3v) is 4.50. The molecule has 1 heterocycles. The van der Waals surface area contributed by atoms with E-state index in [1.165, 1.54) is 6.08 Å². The number of nitrogens with one attached hydrogen (secondary N) is 1.